The predicted octanol–water partition coefficient (Wildman–Crippen LogP) is 7.14. The van der Waals surface area contributed by atoms with Crippen molar-refractivity contribution in [1.82, 2.24) is 9.48 Å². The maximum absolute atomic E-state index is 14.7. The summed E-state index contributed by atoms with van der Waals surface area (Å²) >= 11 is 0. The van der Waals surface area contributed by atoms with Gasteiger partial charge in [0.15, 0.2) is 12.1 Å². The second-order valence-electron chi connectivity index (χ2n) is 21.4. The van der Waals surface area contributed by atoms with E-state index in [0.717, 1.165) is 27.9 Å². The lowest BCUT2D eigenvalue weighted by Gasteiger charge is -2.49. The minimum Gasteiger partial charge on any atom is -0.481 e. The van der Waals surface area contributed by atoms with E-state index in [9.17, 15) is 53.6 Å². The Morgan fingerprint density at radius 1 is 0.736 bits per heavy atom. The molecule has 72 heavy (non-hydrogen) atoms. The summed E-state index contributed by atoms with van der Waals surface area (Å²) in [6.45, 7) is 14.6. The Balaban J connectivity index is 1.49. The molecule has 4 N–H and O–H groups in total. The van der Waals surface area contributed by atoms with Gasteiger partial charge in [0.1, 0.15) is 4.90 Å². The summed E-state index contributed by atoms with van der Waals surface area (Å²) in [6, 6.07) is 27.9. The molecule has 2 aliphatic heterocycles. The fourth-order valence-corrected chi connectivity index (χ4v) is 13.9. The number of amides is 1. The normalized spacial score (nSPS) is 18.9. The zero-order valence-corrected chi connectivity index (χ0v) is 44.1. The lowest BCUT2D eigenvalue weighted by molar-refractivity contribution is -0.137. The van der Waals surface area contributed by atoms with Gasteiger partial charge in [0.2, 0.25) is 5.36 Å². The van der Waals surface area contributed by atoms with E-state index < -0.39 is 64.5 Å². The second kappa shape index (κ2) is 18.6. The number of carbonyl (C=O) groups excluding carboxylic acids is 1. The van der Waals surface area contributed by atoms with Crippen molar-refractivity contribution in [3.8, 4) is 0 Å². The van der Waals surface area contributed by atoms with E-state index in [4.69, 9.17) is 0 Å². The number of nitrogens with zero attached hydrogens (tertiary/aromatic N) is 3. The molecule has 0 radical (unpaired) electrons. The van der Waals surface area contributed by atoms with Gasteiger partial charge in [-0.15, -0.1) is 0 Å². The summed E-state index contributed by atoms with van der Waals surface area (Å²) in [4.78, 5) is 29.3. The molecule has 5 aromatic carbocycles. The Hall–Kier alpha value is -5.76. The van der Waals surface area contributed by atoms with E-state index in [1.54, 1.807) is 49.5 Å². The van der Waals surface area contributed by atoms with Gasteiger partial charge in [0.25, 0.3) is 36.3 Å². The van der Waals surface area contributed by atoms with E-state index in [0.29, 0.717) is 50.4 Å². The van der Waals surface area contributed by atoms with E-state index in [1.807, 2.05) is 42.7 Å². The molecule has 2 unspecified atom stereocenters. The summed E-state index contributed by atoms with van der Waals surface area (Å²) in [6.07, 6.45) is 0.978. The number of rotatable bonds is 14. The fraction of sp³-hybridized carbons (Fsp3) is 0.389. The third kappa shape index (κ3) is 10.0. The molecule has 0 aromatic heterocycles. The molecule has 1 aliphatic carbocycles. The van der Waals surface area contributed by atoms with Crippen LogP contribution >= 0.6 is 0 Å². The lowest BCUT2D eigenvalue weighted by Crippen LogP contribution is -2.54. The average Bonchev–Trinajstić information content (AvgIpc) is 3.27. The number of fused-ring (bicyclic) bond motifs is 4. The minimum atomic E-state index is -4.66. The second-order valence-corrected chi connectivity index (χ2v) is 25.7. The van der Waals surface area contributed by atoms with Gasteiger partial charge in [0.05, 0.1) is 10.6 Å². The van der Waals surface area contributed by atoms with Crippen LogP contribution in [0.1, 0.15) is 141 Å². The average molecular weight is 1040 g/mol. The van der Waals surface area contributed by atoms with Gasteiger partial charge >= 0.3 is 5.97 Å². The van der Waals surface area contributed by atoms with Crippen LogP contribution in [-0.2, 0) is 53.7 Å². The summed E-state index contributed by atoms with van der Waals surface area (Å²) in [5.74, 6) is -2.72. The van der Waals surface area contributed by atoms with Crippen LogP contribution < -0.4 is 20.1 Å². The van der Waals surface area contributed by atoms with Crippen molar-refractivity contribution in [3.63, 3.8) is 0 Å². The van der Waals surface area contributed by atoms with Gasteiger partial charge in [-0.25, -0.2) is 4.58 Å². The maximum atomic E-state index is 14.7. The smallest absolute Gasteiger partial charge is 0.303 e. The third-order valence-electron chi connectivity index (χ3n) is 15.0. The number of carboxylic acids is 1. The van der Waals surface area contributed by atoms with Gasteiger partial charge < -0.3 is 14.9 Å². The van der Waals surface area contributed by atoms with Gasteiger partial charge in [-0.05, 0) is 127 Å². The molecule has 15 nitrogen and oxygen atoms in total. The first kappa shape index (κ1) is 52.6. The number of carboxylic acid groups (broad SMARTS) is 1. The molecule has 18 heteroatoms. The SMILES string of the molecule is CC1CC(C)(C)N(Cc2ccccc2S(=O)(=O)O)c2cc3c(cc21)C(c1ccccc1C(=O)N(C)CCCC(=O)O)=c1cc2c(cc1C3(C)C)=[N+](Cc1ccccc1S(=O)(=O)O)C(C)(C)CC2CS(=O)(=O)O. The van der Waals surface area contributed by atoms with Crippen molar-refractivity contribution in [2.24, 2.45) is 0 Å². The van der Waals surface area contributed by atoms with Gasteiger partial charge in [-0.2, -0.15) is 25.3 Å². The van der Waals surface area contributed by atoms with Crippen molar-refractivity contribution >= 4 is 53.5 Å². The van der Waals surface area contributed by atoms with Crippen molar-refractivity contribution in [2.45, 2.75) is 125 Å². The highest BCUT2D eigenvalue weighted by atomic mass is 32.2. The van der Waals surface area contributed by atoms with E-state index >= 15 is 0 Å². The lowest BCUT2D eigenvalue weighted by atomic mass is 9.66. The quantitative estimate of drug-likeness (QED) is 0.0642. The number of benzene rings is 5. The predicted molar refractivity (Wildman–Crippen MR) is 275 cm³/mol. The van der Waals surface area contributed by atoms with Crippen molar-refractivity contribution in [2.75, 3.05) is 24.2 Å². The molecular weight excluding hydrogens is 979 g/mol. The molecule has 3 aliphatic rings. The Bertz CT molecular complexity index is 3550. The number of anilines is 1. The van der Waals surface area contributed by atoms with Crippen LogP contribution in [0.4, 0.5) is 5.69 Å². The molecule has 2 atom stereocenters. The van der Waals surface area contributed by atoms with E-state index in [-0.39, 0.29) is 60.5 Å². The zero-order chi connectivity index (χ0) is 52.7. The van der Waals surface area contributed by atoms with Crippen molar-refractivity contribution in [1.29, 1.82) is 0 Å². The van der Waals surface area contributed by atoms with Crippen LogP contribution in [-0.4, -0.2) is 91.2 Å². The molecule has 0 saturated heterocycles. The Kier molecular flexibility index (Phi) is 13.6. The van der Waals surface area contributed by atoms with Crippen LogP contribution in [0.15, 0.2) is 107 Å². The molecule has 0 spiro atoms. The molecule has 0 saturated carbocycles. The fourth-order valence-electron chi connectivity index (χ4n) is 11.6. The van der Waals surface area contributed by atoms with Crippen LogP contribution in [0.3, 0.4) is 0 Å². The van der Waals surface area contributed by atoms with E-state index in [2.05, 4.69) is 51.7 Å². The summed E-state index contributed by atoms with van der Waals surface area (Å²) in [5.41, 5.74) is 4.85. The van der Waals surface area contributed by atoms with Crippen molar-refractivity contribution < 1.29 is 53.6 Å². The first-order valence-corrected chi connectivity index (χ1v) is 28.3. The first-order chi connectivity index (χ1) is 33.4. The third-order valence-corrected chi connectivity index (χ3v) is 17.7. The standard InChI is InChI=1S/C54H61N3O12S3/c1-33-28-52(2,3)56(30-34-16-9-13-20-47(34)71(64,65)66)45-26-43-41(24-39(33)45)50(37-18-11-12-19-38(37)51(60)55(8)23-15-22-49(58)59)42-25-40-36(32-70(61,62)63)29-53(4,5)57(46(40)27-44(42)54(43,6)7)31-35-17-10-14-21-48(35)72(67,68)69/h9-14,16-21,24-27,33,36H,15,22-23,28-32H2,1-8H3,(H3-,58,59,61,62,63,64,65,66,67,68,69)/p+1. The van der Waals surface area contributed by atoms with E-state index in [1.165, 1.54) is 23.1 Å². The van der Waals surface area contributed by atoms with Crippen LogP contribution in [0, 0.1) is 0 Å². The van der Waals surface area contributed by atoms with Gasteiger partial charge in [-0.3, -0.25) is 23.2 Å². The Morgan fingerprint density at radius 2 is 1.33 bits per heavy atom. The van der Waals surface area contributed by atoms with Crippen LogP contribution in [0.25, 0.3) is 5.57 Å². The monoisotopic (exact) mass is 1040 g/mol. The highest BCUT2D eigenvalue weighted by Crippen LogP contribution is 2.50. The zero-order valence-electron chi connectivity index (χ0n) is 41.7. The molecule has 5 aromatic rings. The Morgan fingerprint density at radius 3 is 1.96 bits per heavy atom. The van der Waals surface area contributed by atoms with Crippen LogP contribution in [0.2, 0.25) is 0 Å². The highest BCUT2D eigenvalue weighted by Gasteiger charge is 2.46. The number of carbonyl (C=O) groups is 2. The number of hydrogen-bond donors (Lipinski definition) is 4. The largest absolute Gasteiger partial charge is 0.481 e. The molecule has 8 rings (SSSR count). The maximum Gasteiger partial charge on any atom is 0.303 e. The summed E-state index contributed by atoms with van der Waals surface area (Å²) < 4.78 is 110. The summed E-state index contributed by atoms with van der Waals surface area (Å²) in [5, 5.41) is 10.7. The van der Waals surface area contributed by atoms with Gasteiger partial charge in [0, 0.05) is 78.3 Å². The number of aliphatic carboxylic acids is 1. The molecule has 1 amide bonds. The Labute approximate surface area is 421 Å². The number of hydrogen-bond acceptors (Lipinski definition) is 9. The topological polar surface area (TPSA) is 227 Å². The van der Waals surface area contributed by atoms with Crippen molar-refractivity contribution in [3.05, 3.63) is 158 Å². The first-order valence-electron chi connectivity index (χ1n) is 23.8. The molecule has 0 bridgehead atoms. The highest BCUT2D eigenvalue weighted by molar-refractivity contribution is 7.86. The van der Waals surface area contributed by atoms with Gasteiger partial charge in [-0.1, -0.05) is 75.4 Å². The molecule has 2 heterocycles. The molecule has 382 valence electrons. The minimum absolute atomic E-state index is 0.00699. The summed E-state index contributed by atoms with van der Waals surface area (Å²) in [7, 11) is -12.2. The molecule has 0 fully saturated rings. The van der Waals surface area contributed by atoms with Crippen LogP contribution in [0.5, 0.6) is 0 Å². The molecular formula is C54H62N3O12S3+.